The smallest absolute Gasteiger partial charge is 0.246 e. The minimum atomic E-state index is -3.96. The van der Waals surface area contributed by atoms with Crippen LogP contribution in [0.15, 0.2) is 23.1 Å². The van der Waals surface area contributed by atoms with Crippen molar-refractivity contribution in [2.75, 3.05) is 32.8 Å². The first kappa shape index (κ1) is 19.8. The topological polar surface area (TPSA) is 73.6 Å². The molecule has 3 aliphatic rings. The lowest BCUT2D eigenvalue weighted by atomic mass is 9.87. The van der Waals surface area contributed by atoms with E-state index in [0.29, 0.717) is 38.6 Å². The molecule has 8 heteroatoms. The Morgan fingerprint density at radius 2 is 1.86 bits per heavy atom. The molecule has 0 aliphatic carbocycles. The molecule has 1 unspecified atom stereocenters. The van der Waals surface area contributed by atoms with Crippen LogP contribution in [0.3, 0.4) is 0 Å². The Hall–Kier alpha value is -1.53. The summed E-state index contributed by atoms with van der Waals surface area (Å²) < 4.78 is 47.5. The van der Waals surface area contributed by atoms with Gasteiger partial charge in [-0.1, -0.05) is 6.42 Å². The lowest BCUT2D eigenvalue weighted by molar-refractivity contribution is -0.0318. The number of nitriles is 1. The summed E-state index contributed by atoms with van der Waals surface area (Å²) in [6, 6.07) is 5.74. The van der Waals surface area contributed by atoms with Gasteiger partial charge in [-0.25, -0.2) is 12.8 Å². The van der Waals surface area contributed by atoms with Crippen molar-refractivity contribution in [3.63, 3.8) is 0 Å². The van der Waals surface area contributed by atoms with E-state index in [0.717, 1.165) is 31.6 Å². The van der Waals surface area contributed by atoms with Gasteiger partial charge in [0.05, 0.1) is 23.8 Å². The maximum atomic E-state index is 14.2. The zero-order valence-corrected chi connectivity index (χ0v) is 16.8. The SMILES string of the molecule is N#Cc1ccc(F)c(S(=O)(=O)N2CCC3(CC2)CC(N2CCCCC2)CO3)c1. The third-order valence-corrected chi connectivity index (χ3v) is 8.32. The maximum absolute atomic E-state index is 14.2. The zero-order valence-electron chi connectivity index (χ0n) is 15.9. The summed E-state index contributed by atoms with van der Waals surface area (Å²) in [4.78, 5) is 2.10. The number of benzene rings is 1. The highest BCUT2D eigenvalue weighted by Crippen LogP contribution is 2.39. The first-order chi connectivity index (χ1) is 13.4. The first-order valence-electron chi connectivity index (χ1n) is 10.0. The fourth-order valence-corrected chi connectivity index (χ4v) is 6.26. The molecule has 3 heterocycles. The Morgan fingerprint density at radius 3 is 2.54 bits per heavy atom. The van der Waals surface area contributed by atoms with Crippen LogP contribution in [-0.2, 0) is 14.8 Å². The molecule has 3 aliphatic heterocycles. The van der Waals surface area contributed by atoms with Gasteiger partial charge in [-0.15, -0.1) is 0 Å². The number of sulfonamides is 1. The van der Waals surface area contributed by atoms with Gasteiger partial charge in [-0.3, -0.25) is 4.90 Å². The Bertz CT molecular complexity index is 869. The first-order valence-corrected chi connectivity index (χ1v) is 11.5. The van der Waals surface area contributed by atoms with E-state index in [4.69, 9.17) is 10.00 Å². The number of hydrogen-bond acceptors (Lipinski definition) is 5. The highest BCUT2D eigenvalue weighted by molar-refractivity contribution is 7.89. The second kappa shape index (κ2) is 7.71. The van der Waals surface area contributed by atoms with Crippen molar-refractivity contribution in [2.45, 2.75) is 55.1 Å². The number of likely N-dealkylation sites (tertiary alicyclic amines) is 1. The van der Waals surface area contributed by atoms with Crippen LogP contribution in [0.2, 0.25) is 0 Å². The van der Waals surface area contributed by atoms with Crippen molar-refractivity contribution in [2.24, 2.45) is 0 Å². The summed E-state index contributed by atoms with van der Waals surface area (Å²) in [5.74, 6) is -0.818. The Kier molecular flexibility index (Phi) is 5.45. The molecule has 0 saturated carbocycles. The third kappa shape index (κ3) is 3.69. The van der Waals surface area contributed by atoms with Crippen LogP contribution in [-0.4, -0.2) is 62.1 Å². The van der Waals surface area contributed by atoms with Gasteiger partial charge in [-0.2, -0.15) is 9.57 Å². The summed E-state index contributed by atoms with van der Waals surface area (Å²) >= 11 is 0. The maximum Gasteiger partial charge on any atom is 0.246 e. The van der Waals surface area contributed by atoms with Crippen LogP contribution in [0, 0.1) is 17.1 Å². The standard InChI is InChI=1S/C20H26FN3O3S/c21-18-5-4-16(14-22)12-19(18)28(25,26)24-10-6-20(7-11-24)13-17(15-27-20)23-8-2-1-3-9-23/h4-5,12,17H,1-3,6-11,13,15H2. The van der Waals surface area contributed by atoms with Crippen molar-refractivity contribution in [3.8, 4) is 6.07 Å². The second-order valence-electron chi connectivity index (χ2n) is 8.11. The predicted molar refractivity (Wildman–Crippen MR) is 102 cm³/mol. The molecular formula is C20H26FN3O3S. The molecule has 1 aromatic carbocycles. The average Bonchev–Trinajstić information content (AvgIpc) is 3.13. The molecule has 4 rings (SSSR count). The van der Waals surface area contributed by atoms with Crippen molar-refractivity contribution in [1.82, 2.24) is 9.21 Å². The van der Waals surface area contributed by atoms with Gasteiger partial charge in [0.1, 0.15) is 10.7 Å². The van der Waals surface area contributed by atoms with E-state index in [1.807, 2.05) is 6.07 Å². The molecule has 3 saturated heterocycles. The third-order valence-electron chi connectivity index (χ3n) is 6.41. The number of ether oxygens (including phenoxy) is 1. The molecule has 1 aromatic rings. The lowest BCUT2D eigenvalue weighted by Crippen LogP contribution is -2.47. The van der Waals surface area contributed by atoms with E-state index in [2.05, 4.69) is 4.90 Å². The molecule has 0 bridgehead atoms. The molecule has 1 spiro atoms. The molecule has 0 aromatic heterocycles. The largest absolute Gasteiger partial charge is 0.373 e. The Morgan fingerprint density at radius 1 is 1.14 bits per heavy atom. The molecule has 1 atom stereocenters. The van der Waals surface area contributed by atoms with Crippen LogP contribution >= 0.6 is 0 Å². The summed E-state index contributed by atoms with van der Waals surface area (Å²) in [7, 11) is -3.96. The molecule has 28 heavy (non-hydrogen) atoms. The highest BCUT2D eigenvalue weighted by atomic mass is 32.2. The molecule has 6 nitrogen and oxygen atoms in total. The molecule has 0 amide bonds. The van der Waals surface area contributed by atoms with Crippen molar-refractivity contribution in [3.05, 3.63) is 29.6 Å². The van der Waals surface area contributed by atoms with Crippen LogP contribution in [0.4, 0.5) is 4.39 Å². The van der Waals surface area contributed by atoms with Crippen LogP contribution in [0.25, 0.3) is 0 Å². The quantitative estimate of drug-likeness (QED) is 0.770. The summed E-state index contributed by atoms with van der Waals surface area (Å²) in [5, 5.41) is 9.00. The summed E-state index contributed by atoms with van der Waals surface area (Å²) in [5.41, 5.74) is -0.127. The zero-order chi connectivity index (χ0) is 19.8. The van der Waals surface area contributed by atoms with Gasteiger partial charge in [0, 0.05) is 19.1 Å². The second-order valence-corrected chi connectivity index (χ2v) is 10.0. The fraction of sp³-hybridized carbons (Fsp3) is 0.650. The number of hydrogen-bond donors (Lipinski definition) is 0. The van der Waals surface area contributed by atoms with Gasteiger partial charge in [0.2, 0.25) is 10.0 Å². The highest BCUT2D eigenvalue weighted by Gasteiger charge is 2.46. The number of nitrogens with zero attached hydrogens (tertiary/aromatic N) is 3. The Balaban J connectivity index is 1.43. The van der Waals surface area contributed by atoms with Gasteiger partial charge in [0.15, 0.2) is 0 Å². The number of piperidine rings is 2. The van der Waals surface area contributed by atoms with Gasteiger partial charge < -0.3 is 4.74 Å². The van der Waals surface area contributed by atoms with Crippen molar-refractivity contribution >= 4 is 10.0 Å². The number of rotatable bonds is 3. The van der Waals surface area contributed by atoms with Gasteiger partial charge >= 0.3 is 0 Å². The summed E-state index contributed by atoms with van der Waals surface area (Å²) in [6.45, 7) is 3.58. The van der Waals surface area contributed by atoms with E-state index in [9.17, 15) is 12.8 Å². The average molecular weight is 408 g/mol. The van der Waals surface area contributed by atoms with E-state index in [1.165, 1.54) is 29.6 Å². The van der Waals surface area contributed by atoms with E-state index in [-0.39, 0.29) is 11.2 Å². The van der Waals surface area contributed by atoms with Crippen LogP contribution in [0.1, 0.15) is 44.1 Å². The van der Waals surface area contributed by atoms with Crippen LogP contribution < -0.4 is 0 Å². The lowest BCUT2D eigenvalue weighted by Gasteiger charge is -2.38. The molecule has 0 N–H and O–H groups in total. The predicted octanol–water partition coefficient (Wildman–Crippen LogP) is 2.50. The summed E-state index contributed by atoms with van der Waals surface area (Å²) in [6.07, 6.45) is 5.96. The van der Waals surface area contributed by atoms with Crippen molar-refractivity contribution in [1.29, 1.82) is 5.26 Å². The molecule has 152 valence electrons. The van der Waals surface area contributed by atoms with E-state index in [1.54, 1.807) is 0 Å². The molecule has 3 fully saturated rings. The normalized spacial score (nSPS) is 26.4. The number of halogens is 1. The molecular weight excluding hydrogens is 381 g/mol. The minimum absolute atomic E-state index is 0.136. The van der Waals surface area contributed by atoms with E-state index < -0.39 is 20.7 Å². The van der Waals surface area contributed by atoms with Gasteiger partial charge in [-0.05, 0) is 63.4 Å². The molecule has 0 radical (unpaired) electrons. The van der Waals surface area contributed by atoms with Crippen molar-refractivity contribution < 1.29 is 17.5 Å². The van der Waals surface area contributed by atoms with E-state index >= 15 is 0 Å². The Labute approximate surface area is 165 Å². The minimum Gasteiger partial charge on any atom is -0.373 e. The fourth-order valence-electron chi connectivity index (χ4n) is 4.73. The monoisotopic (exact) mass is 407 g/mol. The van der Waals surface area contributed by atoms with Gasteiger partial charge in [0.25, 0.3) is 0 Å². The van der Waals surface area contributed by atoms with Crippen LogP contribution in [0.5, 0.6) is 0 Å².